The molecule has 0 saturated carbocycles. The van der Waals surface area contributed by atoms with Crippen LogP contribution in [-0.4, -0.2) is 5.91 Å². The summed E-state index contributed by atoms with van der Waals surface area (Å²) in [5, 5.41) is 11.8. The number of carbonyl (C=O) groups excluding carboxylic acids is 1. The average molecular weight is 279 g/mol. The lowest BCUT2D eigenvalue weighted by molar-refractivity contribution is -0.116. The predicted molar refractivity (Wildman–Crippen MR) is 83.6 cm³/mol. The Hall–Kier alpha value is -2.80. The predicted octanol–water partition coefficient (Wildman–Crippen LogP) is 3.10. The minimum Gasteiger partial charge on any atom is -0.399 e. The summed E-state index contributed by atoms with van der Waals surface area (Å²) in [6.07, 6.45) is 2.05. The number of hydrogen-bond acceptors (Lipinski definition) is 3. The molecule has 4 heteroatoms. The summed E-state index contributed by atoms with van der Waals surface area (Å²) in [6.45, 7) is 0. The number of nitrogens with one attached hydrogen (secondary N) is 1. The van der Waals surface area contributed by atoms with Gasteiger partial charge in [0, 0.05) is 12.1 Å². The molecule has 0 aromatic heterocycles. The van der Waals surface area contributed by atoms with Crippen molar-refractivity contribution in [2.75, 3.05) is 11.1 Å². The third kappa shape index (κ3) is 4.36. The summed E-state index contributed by atoms with van der Waals surface area (Å²) in [4.78, 5) is 11.9. The standard InChI is InChI=1S/C17H17N3O/c18-12-14-11-15(19)9-10-16(14)20-17(21)8-4-7-13-5-2-1-3-6-13/h1-3,5-6,9-11H,4,7-8,19H2,(H,20,21). The number of carbonyl (C=O) groups is 1. The van der Waals surface area contributed by atoms with Gasteiger partial charge in [-0.3, -0.25) is 4.79 Å². The zero-order valence-corrected chi connectivity index (χ0v) is 11.7. The Labute approximate surface area is 124 Å². The molecule has 2 aromatic carbocycles. The van der Waals surface area contributed by atoms with Gasteiger partial charge in [-0.05, 0) is 36.6 Å². The summed E-state index contributed by atoms with van der Waals surface area (Å²) < 4.78 is 0. The van der Waals surface area contributed by atoms with E-state index in [0.717, 1.165) is 12.8 Å². The molecule has 21 heavy (non-hydrogen) atoms. The monoisotopic (exact) mass is 279 g/mol. The molecule has 0 heterocycles. The van der Waals surface area contributed by atoms with Crippen LogP contribution >= 0.6 is 0 Å². The van der Waals surface area contributed by atoms with Crippen molar-refractivity contribution in [1.82, 2.24) is 0 Å². The second-order valence-corrected chi connectivity index (χ2v) is 4.80. The van der Waals surface area contributed by atoms with E-state index in [9.17, 15) is 4.79 Å². The first-order valence-corrected chi connectivity index (χ1v) is 6.82. The molecule has 3 N–H and O–H groups in total. The second-order valence-electron chi connectivity index (χ2n) is 4.80. The van der Waals surface area contributed by atoms with Crippen LogP contribution in [0.2, 0.25) is 0 Å². The van der Waals surface area contributed by atoms with Crippen LogP contribution in [0.3, 0.4) is 0 Å². The number of nitrogens with zero attached hydrogens (tertiary/aromatic N) is 1. The Bertz CT molecular complexity index is 659. The Morgan fingerprint density at radius 3 is 2.67 bits per heavy atom. The van der Waals surface area contributed by atoms with Crippen LogP contribution < -0.4 is 11.1 Å². The van der Waals surface area contributed by atoms with Crippen LogP contribution in [-0.2, 0) is 11.2 Å². The van der Waals surface area contributed by atoms with Crippen molar-refractivity contribution in [1.29, 1.82) is 5.26 Å². The van der Waals surface area contributed by atoms with Crippen molar-refractivity contribution in [3.63, 3.8) is 0 Å². The van der Waals surface area contributed by atoms with Crippen molar-refractivity contribution < 1.29 is 4.79 Å². The van der Waals surface area contributed by atoms with Gasteiger partial charge in [-0.15, -0.1) is 0 Å². The van der Waals surface area contributed by atoms with E-state index in [-0.39, 0.29) is 5.91 Å². The quantitative estimate of drug-likeness (QED) is 0.825. The van der Waals surface area contributed by atoms with Crippen molar-refractivity contribution in [3.8, 4) is 6.07 Å². The summed E-state index contributed by atoms with van der Waals surface area (Å²) >= 11 is 0. The normalized spacial score (nSPS) is 9.86. The van der Waals surface area contributed by atoms with Gasteiger partial charge in [-0.2, -0.15) is 5.26 Å². The fraction of sp³-hybridized carbons (Fsp3) is 0.176. The van der Waals surface area contributed by atoms with E-state index in [0.29, 0.717) is 23.4 Å². The van der Waals surface area contributed by atoms with Gasteiger partial charge in [-0.1, -0.05) is 30.3 Å². The minimum absolute atomic E-state index is 0.0906. The molecule has 0 unspecified atom stereocenters. The molecule has 0 radical (unpaired) electrons. The third-order valence-electron chi connectivity index (χ3n) is 3.15. The Morgan fingerprint density at radius 1 is 1.19 bits per heavy atom. The van der Waals surface area contributed by atoms with E-state index in [2.05, 4.69) is 5.32 Å². The maximum absolute atomic E-state index is 11.9. The maximum atomic E-state index is 11.9. The first-order chi connectivity index (χ1) is 10.2. The molecule has 2 rings (SSSR count). The molecular weight excluding hydrogens is 262 g/mol. The topological polar surface area (TPSA) is 78.9 Å². The van der Waals surface area contributed by atoms with Gasteiger partial charge >= 0.3 is 0 Å². The number of hydrogen-bond donors (Lipinski definition) is 2. The lowest BCUT2D eigenvalue weighted by Crippen LogP contribution is -2.12. The van der Waals surface area contributed by atoms with Gasteiger partial charge in [0.15, 0.2) is 0 Å². The number of anilines is 2. The van der Waals surface area contributed by atoms with E-state index in [4.69, 9.17) is 11.0 Å². The summed E-state index contributed by atoms with van der Waals surface area (Å²) in [6, 6.07) is 17.0. The molecule has 0 fully saturated rings. The summed E-state index contributed by atoms with van der Waals surface area (Å²) in [7, 11) is 0. The number of nitrogens with two attached hydrogens (primary N) is 1. The van der Waals surface area contributed by atoms with Crippen molar-refractivity contribution in [3.05, 3.63) is 59.7 Å². The number of nitriles is 1. The smallest absolute Gasteiger partial charge is 0.224 e. The lowest BCUT2D eigenvalue weighted by atomic mass is 10.1. The van der Waals surface area contributed by atoms with Gasteiger partial charge in [0.05, 0.1) is 11.3 Å². The van der Waals surface area contributed by atoms with Crippen molar-refractivity contribution in [2.24, 2.45) is 0 Å². The molecule has 4 nitrogen and oxygen atoms in total. The van der Waals surface area contributed by atoms with Crippen LogP contribution in [0.4, 0.5) is 11.4 Å². The molecular formula is C17H17N3O. The number of nitrogen functional groups attached to an aromatic ring is 1. The number of rotatable bonds is 5. The van der Waals surface area contributed by atoms with Gasteiger partial charge in [0.1, 0.15) is 6.07 Å². The Balaban J connectivity index is 1.86. The van der Waals surface area contributed by atoms with Gasteiger partial charge in [0.2, 0.25) is 5.91 Å². The molecule has 0 aliphatic heterocycles. The van der Waals surface area contributed by atoms with Crippen LogP contribution in [0.25, 0.3) is 0 Å². The number of aryl methyl sites for hydroxylation is 1. The first kappa shape index (κ1) is 14.6. The Kier molecular flexibility index (Phi) is 4.94. The molecule has 0 aliphatic carbocycles. The largest absolute Gasteiger partial charge is 0.399 e. The molecule has 106 valence electrons. The molecule has 0 aliphatic rings. The summed E-state index contributed by atoms with van der Waals surface area (Å²) in [5.74, 6) is -0.0906. The fourth-order valence-electron chi connectivity index (χ4n) is 2.07. The highest BCUT2D eigenvalue weighted by Gasteiger charge is 2.07. The first-order valence-electron chi connectivity index (χ1n) is 6.82. The average Bonchev–Trinajstić information content (AvgIpc) is 2.50. The SMILES string of the molecule is N#Cc1cc(N)ccc1NC(=O)CCCc1ccccc1. The van der Waals surface area contributed by atoms with Gasteiger partial charge in [0.25, 0.3) is 0 Å². The van der Waals surface area contributed by atoms with Crippen molar-refractivity contribution in [2.45, 2.75) is 19.3 Å². The van der Waals surface area contributed by atoms with E-state index in [1.165, 1.54) is 5.56 Å². The zero-order valence-electron chi connectivity index (χ0n) is 11.7. The highest BCUT2D eigenvalue weighted by molar-refractivity contribution is 5.92. The van der Waals surface area contributed by atoms with Crippen LogP contribution in [0.15, 0.2) is 48.5 Å². The van der Waals surface area contributed by atoms with Crippen LogP contribution in [0, 0.1) is 11.3 Å². The molecule has 2 aromatic rings. The van der Waals surface area contributed by atoms with Crippen molar-refractivity contribution >= 4 is 17.3 Å². The van der Waals surface area contributed by atoms with E-state index in [1.54, 1.807) is 18.2 Å². The minimum atomic E-state index is -0.0906. The zero-order chi connectivity index (χ0) is 15.1. The molecule has 0 bridgehead atoms. The lowest BCUT2D eigenvalue weighted by Gasteiger charge is -2.07. The molecule has 0 spiro atoms. The van der Waals surface area contributed by atoms with Crippen LogP contribution in [0.5, 0.6) is 0 Å². The van der Waals surface area contributed by atoms with E-state index < -0.39 is 0 Å². The maximum Gasteiger partial charge on any atom is 0.224 e. The third-order valence-corrected chi connectivity index (χ3v) is 3.15. The Morgan fingerprint density at radius 2 is 1.95 bits per heavy atom. The molecule has 1 amide bonds. The number of benzene rings is 2. The second kappa shape index (κ2) is 7.11. The van der Waals surface area contributed by atoms with Crippen LogP contribution in [0.1, 0.15) is 24.0 Å². The van der Waals surface area contributed by atoms with Gasteiger partial charge < -0.3 is 11.1 Å². The molecule has 0 atom stereocenters. The van der Waals surface area contributed by atoms with E-state index in [1.807, 2.05) is 36.4 Å². The number of amides is 1. The highest BCUT2D eigenvalue weighted by Crippen LogP contribution is 2.18. The highest BCUT2D eigenvalue weighted by atomic mass is 16.1. The fourth-order valence-corrected chi connectivity index (χ4v) is 2.07. The van der Waals surface area contributed by atoms with Gasteiger partial charge in [-0.25, -0.2) is 0 Å². The summed E-state index contributed by atoms with van der Waals surface area (Å²) in [5.41, 5.74) is 8.23. The molecule has 0 saturated heterocycles. The van der Waals surface area contributed by atoms with E-state index >= 15 is 0 Å².